The standard InChI is InChI=1S/C13H12BrNO2S/c14-10-6-7-18-12(10)13(17)15-11(8-16)9-4-2-1-3-5-9/h1-7,11,16H,8H2,(H,15,17)/t11-/m0/s1. The molecule has 94 valence electrons. The second-order valence-corrected chi connectivity index (χ2v) is 5.49. The third-order valence-electron chi connectivity index (χ3n) is 2.51. The Morgan fingerprint density at radius 3 is 2.61 bits per heavy atom. The quantitative estimate of drug-likeness (QED) is 0.907. The Bertz CT molecular complexity index is 527. The molecule has 5 heteroatoms. The first-order chi connectivity index (χ1) is 8.72. The van der Waals surface area contributed by atoms with E-state index >= 15 is 0 Å². The Hall–Kier alpha value is -1.17. The fraction of sp³-hybridized carbons (Fsp3) is 0.154. The second kappa shape index (κ2) is 6.13. The Morgan fingerprint density at radius 1 is 1.33 bits per heavy atom. The Morgan fingerprint density at radius 2 is 2.06 bits per heavy atom. The molecule has 0 radical (unpaired) electrons. The highest BCUT2D eigenvalue weighted by atomic mass is 79.9. The molecule has 0 unspecified atom stereocenters. The highest BCUT2D eigenvalue weighted by Gasteiger charge is 2.17. The van der Waals surface area contributed by atoms with Crippen LogP contribution in [0.2, 0.25) is 0 Å². The molecule has 2 N–H and O–H groups in total. The maximum Gasteiger partial charge on any atom is 0.263 e. The molecule has 18 heavy (non-hydrogen) atoms. The Kier molecular flexibility index (Phi) is 4.52. The Labute approximate surface area is 118 Å². The van der Waals surface area contributed by atoms with Gasteiger partial charge in [-0.25, -0.2) is 0 Å². The van der Waals surface area contributed by atoms with Crippen LogP contribution in [0.1, 0.15) is 21.3 Å². The molecule has 3 nitrogen and oxygen atoms in total. The molecular formula is C13H12BrNO2S. The van der Waals surface area contributed by atoms with E-state index in [1.54, 1.807) is 0 Å². The first-order valence-electron chi connectivity index (χ1n) is 5.42. The van der Waals surface area contributed by atoms with Crippen molar-refractivity contribution in [2.24, 2.45) is 0 Å². The van der Waals surface area contributed by atoms with Crippen LogP contribution >= 0.6 is 27.3 Å². The molecule has 0 saturated carbocycles. The maximum atomic E-state index is 12.0. The molecule has 0 aliphatic carbocycles. The summed E-state index contributed by atoms with van der Waals surface area (Å²) in [6.45, 7) is -0.126. The van der Waals surface area contributed by atoms with Crippen LogP contribution in [0, 0.1) is 0 Å². The van der Waals surface area contributed by atoms with Gasteiger partial charge in [0.25, 0.3) is 5.91 Å². The van der Waals surface area contributed by atoms with Crippen molar-refractivity contribution in [3.63, 3.8) is 0 Å². The second-order valence-electron chi connectivity index (χ2n) is 3.72. The molecule has 1 aromatic heterocycles. The summed E-state index contributed by atoms with van der Waals surface area (Å²) in [4.78, 5) is 12.6. The van der Waals surface area contributed by atoms with E-state index < -0.39 is 0 Å². The summed E-state index contributed by atoms with van der Waals surface area (Å²) in [6.07, 6.45) is 0. The van der Waals surface area contributed by atoms with Crippen LogP contribution in [0.3, 0.4) is 0 Å². The number of halogens is 1. The highest BCUT2D eigenvalue weighted by molar-refractivity contribution is 9.10. The molecule has 2 aromatic rings. The topological polar surface area (TPSA) is 49.3 Å². The Balaban J connectivity index is 2.13. The first kappa shape index (κ1) is 13.3. The molecule has 0 bridgehead atoms. The van der Waals surface area contributed by atoms with Gasteiger partial charge in [0.15, 0.2) is 0 Å². The van der Waals surface area contributed by atoms with E-state index in [0.29, 0.717) is 4.88 Å². The van der Waals surface area contributed by atoms with Crippen molar-refractivity contribution in [2.45, 2.75) is 6.04 Å². The number of carbonyl (C=O) groups is 1. The number of rotatable bonds is 4. The molecule has 0 spiro atoms. The normalized spacial score (nSPS) is 12.1. The number of aliphatic hydroxyl groups is 1. The van der Waals surface area contributed by atoms with Crippen molar-refractivity contribution in [3.8, 4) is 0 Å². The summed E-state index contributed by atoms with van der Waals surface area (Å²) in [5.41, 5.74) is 0.890. The van der Waals surface area contributed by atoms with Gasteiger partial charge in [0.2, 0.25) is 0 Å². The first-order valence-corrected chi connectivity index (χ1v) is 7.09. The van der Waals surface area contributed by atoms with Gasteiger partial charge in [0.1, 0.15) is 4.88 Å². The van der Waals surface area contributed by atoms with Crippen LogP contribution in [0.15, 0.2) is 46.3 Å². The van der Waals surface area contributed by atoms with E-state index in [-0.39, 0.29) is 18.6 Å². The van der Waals surface area contributed by atoms with Crippen molar-refractivity contribution >= 4 is 33.2 Å². The zero-order chi connectivity index (χ0) is 13.0. The predicted octanol–water partition coefficient (Wildman–Crippen LogP) is 2.97. The summed E-state index contributed by atoms with van der Waals surface area (Å²) in [5, 5.41) is 14.0. The lowest BCUT2D eigenvalue weighted by Crippen LogP contribution is -2.30. The SMILES string of the molecule is O=C(N[C@@H](CO)c1ccccc1)c1sccc1Br. The largest absolute Gasteiger partial charge is 0.394 e. The van der Waals surface area contributed by atoms with E-state index in [9.17, 15) is 9.90 Å². The monoisotopic (exact) mass is 325 g/mol. The minimum Gasteiger partial charge on any atom is -0.394 e. The number of nitrogens with one attached hydrogen (secondary N) is 1. The third kappa shape index (κ3) is 2.98. The van der Waals surface area contributed by atoms with E-state index in [2.05, 4.69) is 21.2 Å². The van der Waals surface area contributed by atoms with Gasteiger partial charge in [-0.05, 0) is 32.9 Å². The summed E-state index contributed by atoms with van der Waals surface area (Å²) >= 11 is 4.69. The average molecular weight is 326 g/mol. The molecule has 1 aromatic carbocycles. The lowest BCUT2D eigenvalue weighted by Gasteiger charge is -2.16. The predicted molar refractivity (Wildman–Crippen MR) is 75.8 cm³/mol. The molecule has 0 aliphatic rings. The van der Waals surface area contributed by atoms with Crippen molar-refractivity contribution in [1.82, 2.24) is 5.32 Å². The molecular weight excluding hydrogens is 314 g/mol. The summed E-state index contributed by atoms with van der Waals surface area (Å²) in [7, 11) is 0. The number of benzene rings is 1. The van der Waals surface area contributed by atoms with Gasteiger partial charge >= 0.3 is 0 Å². The zero-order valence-corrected chi connectivity index (χ0v) is 11.9. The van der Waals surface area contributed by atoms with Gasteiger partial charge < -0.3 is 10.4 Å². The number of carbonyl (C=O) groups excluding carboxylic acids is 1. The van der Waals surface area contributed by atoms with E-state index in [1.165, 1.54) is 11.3 Å². The van der Waals surface area contributed by atoms with Gasteiger partial charge in [0.05, 0.1) is 12.6 Å². The molecule has 0 aliphatic heterocycles. The molecule has 1 heterocycles. The molecule has 1 amide bonds. The van der Waals surface area contributed by atoms with E-state index in [1.807, 2.05) is 41.8 Å². The molecule has 0 saturated heterocycles. The third-order valence-corrected chi connectivity index (χ3v) is 4.35. The lowest BCUT2D eigenvalue weighted by molar-refractivity contribution is 0.0919. The van der Waals surface area contributed by atoms with Crippen molar-refractivity contribution < 1.29 is 9.90 Å². The lowest BCUT2D eigenvalue weighted by atomic mass is 10.1. The fourth-order valence-corrected chi connectivity index (χ4v) is 3.05. The van der Waals surface area contributed by atoms with Crippen LogP contribution in [-0.2, 0) is 0 Å². The highest BCUT2D eigenvalue weighted by Crippen LogP contribution is 2.23. The minimum absolute atomic E-state index is 0.126. The minimum atomic E-state index is -0.382. The number of aliphatic hydroxyl groups excluding tert-OH is 1. The van der Waals surface area contributed by atoms with Crippen molar-refractivity contribution in [1.29, 1.82) is 0 Å². The zero-order valence-electron chi connectivity index (χ0n) is 9.47. The number of amides is 1. The summed E-state index contributed by atoms with van der Waals surface area (Å²) < 4.78 is 0.773. The van der Waals surface area contributed by atoms with Gasteiger partial charge in [-0.3, -0.25) is 4.79 Å². The smallest absolute Gasteiger partial charge is 0.263 e. The van der Waals surface area contributed by atoms with Gasteiger partial charge in [-0.1, -0.05) is 30.3 Å². The molecule has 1 atom stereocenters. The van der Waals surface area contributed by atoms with E-state index in [0.717, 1.165) is 10.0 Å². The maximum absolute atomic E-state index is 12.0. The van der Waals surface area contributed by atoms with E-state index in [4.69, 9.17) is 0 Å². The van der Waals surface area contributed by atoms with Crippen LogP contribution in [0.25, 0.3) is 0 Å². The summed E-state index contributed by atoms with van der Waals surface area (Å²) in [5.74, 6) is -0.181. The average Bonchev–Trinajstić information content (AvgIpc) is 2.83. The van der Waals surface area contributed by atoms with Crippen LogP contribution in [0.4, 0.5) is 0 Å². The number of hydrogen-bond acceptors (Lipinski definition) is 3. The van der Waals surface area contributed by atoms with Gasteiger partial charge in [-0.15, -0.1) is 11.3 Å². The van der Waals surface area contributed by atoms with Crippen molar-refractivity contribution in [3.05, 3.63) is 56.7 Å². The van der Waals surface area contributed by atoms with Crippen molar-refractivity contribution in [2.75, 3.05) is 6.61 Å². The number of hydrogen-bond donors (Lipinski definition) is 2. The van der Waals surface area contributed by atoms with Crippen LogP contribution < -0.4 is 5.32 Å². The van der Waals surface area contributed by atoms with Gasteiger partial charge in [-0.2, -0.15) is 0 Å². The fourth-order valence-electron chi connectivity index (χ4n) is 1.60. The molecule has 2 rings (SSSR count). The van der Waals surface area contributed by atoms with Crippen LogP contribution in [-0.4, -0.2) is 17.6 Å². The molecule has 0 fully saturated rings. The summed E-state index contributed by atoms with van der Waals surface area (Å²) in [6, 6.07) is 10.9. The van der Waals surface area contributed by atoms with Crippen LogP contribution in [0.5, 0.6) is 0 Å². The number of thiophene rings is 1. The van der Waals surface area contributed by atoms with Gasteiger partial charge in [0, 0.05) is 4.47 Å².